The Morgan fingerprint density at radius 1 is 1.24 bits per heavy atom. The van der Waals surface area contributed by atoms with Crippen LogP contribution < -0.4 is 5.73 Å². The van der Waals surface area contributed by atoms with Crippen LogP contribution in [0.2, 0.25) is 0 Å². The van der Waals surface area contributed by atoms with Crippen molar-refractivity contribution >= 4 is 21.9 Å². The molecule has 1 aromatic carbocycles. The molecule has 0 aromatic heterocycles. The van der Waals surface area contributed by atoms with Crippen LogP contribution in [0.3, 0.4) is 0 Å². The van der Waals surface area contributed by atoms with Gasteiger partial charge in [0, 0.05) is 12.1 Å². The van der Waals surface area contributed by atoms with E-state index in [2.05, 4.69) is 0 Å². The van der Waals surface area contributed by atoms with E-state index < -0.39 is 28.4 Å². The van der Waals surface area contributed by atoms with E-state index in [0.717, 1.165) is 17.1 Å². The van der Waals surface area contributed by atoms with Crippen molar-refractivity contribution in [3.63, 3.8) is 0 Å². The molecule has 8 heteroatoms. The lowest BCUT2D eigenvalue weighted by atomic mass is 10.2. The number of carbonyl (C=O) groups is 2. The number of primary amides is 1. The van der Waals surface area contributed by atoms with Crippen LogP contribution in [0.15, 0.2) is 29.2 Å². The number of carbonyl (C=O) groups excluding carboxylic acids is 1. The van der Waals surface area contributed by atoms with Crippen molar-refractivity contribution in [2.75, 3.05) is 13.1 Å². The summed E-state index contributed by atoms with van der Waals surface area (Å²) in [7, 11) is -3.89. The minimum Gasteiger partial charge on any atom is -0.480 e. The van der Waals surface area contributed by atoms with Gasteiger partial charge in [0.25, 0.3) is 0 Å². The molecule has 0 bridgehead atoms. The highest BCUT2D eigenvalue weighted by molar-refractivity contribution is 7.89. The monoisotopic (exact) mass is 312 g/mol. The number of nitrogens with two attached hydrogens (primary N) is 1. The first-order chi connectivity index (χ1) is 9.80. The SMILES string of the molecule is NC(=O)c1ccc(S(=O)(=O)N(CC(=O)O)CC2CC2)cc1. The lowest BCUT2D eigenvalue weighted by molar-refractivity contribution is -0.137. The zero-order valence-electron chi connectivity index (χ0n) is 11.2. The molecule has 21 heavy (non-hydrogen) atoms. The predicted molar refractivity (Wildman–Crippen MR) is 74.1 cm³/mol. The number of aliphatic carboxylic acids is 1. The quantitative estimate of drug-likeness (QED) is 0.749. The fourth-order valence-electron chi connectivity index (χ4n) is 1.93. The molecule has 1 aliphatic carbocycles. The molecule has 1 saturated carbocycles. The highest BCUT2D eigenvalue weighted by Gasteiger charge is 2.32. The molecule has 0 heterocycles. The molecule has 0 spiro atoms. The van der Waals surface area contributed by atoms with E-state index in [4.69, 9.17) is 10.8 Å². The Bertz CT molecular complexity index is 650. The van der Waals surface area contributed by atoms with Gasteiger partial charge >= 0.3 is 5.97 Å². The maximum atomic E-state index is 12.5. The Morgan fingerprint density at radius 3 is 2.24 bits per heavy atom. The van der Waals surface area contributed by atoms with Gasteiger partial charge in [-0.1, -0.05) is 0 Å². The van der Waals surface area contributed by atoms with Crippen molar-refractivity contribution in [3.05, 3.63) is 29.8 Å². The van der Waals surface area contributed by atoms with E-state index in [1.807, 2.05) is 0 Å². The second-order valence-corrected chi connectivity index (χ2v) is 6.96. The van der Waals surface area contributed by atoms with E-state index in [0.29, 0.717) is 0 Å². The van der Waals surface area contributed by atoms with Crippen LogP contribution in [0.4, 0.5) is 0 Å². The van der Waals surface area contributed by atoms with E-state index in [-0.39, 0.29) is 22.9 Å². The van der Waals surface area contributed by atoms with Crippen LogP contribution in [-0.4, -0.2) is 42.8 Å². The minimum absolute atomic E-state index is 0.0469. The Labute approximate surface area is 122 Å². The summed E-state index contributed by atoms with van der Waals surface area (Å²) < 4.78 is 25.9. The minimum atomic E-state index is -3.89. The van der Waals surface area contributed by atoms with Gasteiger partial charge in [0.1, 0.15) is 6.54 Å². The summed E-state index contributed by atoms with van der Waals surface area (Å²) in [5, 5.41) is 8.88. The maximum Gasteiger partial charge on any atom is 0.318 e. The number of carboxylic acids is 1. The van der Waals surface area contributed by atoms with Gasteiger partial charge in [-0.05, 0) is 43.0 Å². The van der Waals surface area contributed by atoms with Gasteiger partial charge in [-0.15, -0.1) is 0 Å². The molecule has 0 aliphatic heterocycles. The number of hydrogen-bond donors (Lipinski definition) is 2. The van der Waals surface area contributed by atoms with Crippen LogP contribution in [-0.2, 0) is 14.8 Å². The van der Waals surface area contributed by atoms with Gasteiger partial charge < -0.3 is 10.8 Å². The normalized spacial score (nSPS) is 15.1. The van der Waals surface area contributed by atoms with Crippen LogP contribution in [0.25, 0.3) is 0 Å². The fraction of sp³-hybridized carbons (Fsp3) is 0.385. The molecule has 114 valence electrons. The van der Waals surface area contributed by atoms with Crippen molar-refractivity contribution in [1.82, 2.24) is 4.31 Å². The van der Waals surface area contributed by atoms with Crippen molar-refractivity contribution in [1.29, 1.82) is 0 Å². The van der Waals surface area contributed by atoms with Gasteiger partial charge in [-0.3, -0.25) is 9.59 Å². The number of hydrogen-bond acceptors (Lipinski definition) is 4. The third-order valence-corrected chi connectivity index (χ3v) is 5.07. The van der Waals surface area contributed by atoms with Gasteiger partial charge in [-0.2, -0.15) is 4.31 Å². The van der Waals surface area contributed by atoms with Gasteiger partial charge in [0.05, 0.1) is 4.90 Å². The number of sulfonamides is 1. The van der Waals surface area contributed by atoms with Gasteiger partial charge in [-0.25, -0.2) is 8.42 Å². The van der Waals surface area contributed by atoms with Crippen molar-refractivity contribution in [2.24, 2.45) is 11.7 Å². The predicted octanol–water partition coefficient (Wildman–Crippen LogP) is 0.271. The first kappa shape index (κ1) is 15.5. The first-order valence-electron chi connectivity index (χ1n) is 6.42. The average molecular weight is 312 g/mol. The third kappa shape index (κ3) is 3.79. The first-order valence-corrected chi connectivity index (χ1v) is 7.86. The van der Waals surface area contributed by atoms with E-state index >= 15 is 0 Å². The van der Waals surface area contributed by atoms with Gasteiger partial charge in [0.15, 0.2) is 0 Å². The molecule has 0 radical (unpaired) electrons. The third-order valence-electron chi connectivity index (χ3n) is 3.25. The summed E-state index contributed by atoms with van der Waals surface area (Å²) in [6.07, 6.45) is 1.82. The molecule has 1 aromatic rings. The highest BCUT2D eigenvalue weighted by Crippen LogP contribution is 2.31. The van der Waals surface area contributed by atoms with E-state index in [9.17, 15) is 18.0 Å². The zero-order chi connectivity index (χ0) is 15.6. The van der Waals surface area contributed by atoms with Crippen LogP contribution in [0.1, 0.15) is 23.2 Å². The Morgan fingerprint density at radius 2 is 1.81 bits per heavy atom. The van der Waals surface area contributed by atoms with Crippen LogP contribution in [0, 0.1) is 5.92 Å². The molecule has 0 saturated heterocycles. The molecule has 0 atom stereocenters. The summed E-state index contributed by atoms with van der Waals surface area (Å²) in [4.78, 5) is 21.8. The topological polar surface area (TPSA) is 118 Å². The molecule has 2 rings (SSSR count). The molecule has 0 unspecified atom stereocenters. The maximum absolute atomic E-state index is 12.5. The number of carboxylic acid groups (broad SMARTS) is 1. The van der Waals surface area contributed by atoms with Crippen molar-refractivity contribution in [3.8, 4) is 0 Å². The summed E-state index contributed by atoms with van der Waals surface area (Å²) in [5.41, 5.74) is 5.29. The highest BCUT2D eigenvalue weighted by atomic mass is 32.2. The number of nitrogens with zero attached hydrogens (tertiary/aromatic N) is 1. The second-order valence-electron chi connectivity index (χ2n) is 5.02. The fourth-order valence-corrected chi connectivity index (χ4v) is 3.39. The zero-order valence-corrected chi connectivity index (χ0v) is 12.0. The van der Waals surface area contributed by atoms with Crippen LogP contribution >= 0.6 is 0 Å². The molecular formula is C13H16N2O5S. The lowest BCUT2D eigenvalue weighted by Crippen LogP contribution is -2.37. The smallest absolute Gasteiger partial charge is 0.318 e. The van der Waals surface area contributed by atoms with E-state index in [1.54, 1.807) is 0 Å². The molecule has 3 N–H and O–H groups in total. The Balaban J connectivity index is 2.27. The number of benzene rings is 1. The molecule has 7 nitrogen and oxygen atoms in total. The molecule has 1 fully saturated rings. The summed E-state index contributed by atoms with van der Waals surface area (Å²) >= 11 is 0. The molecule has 1 amide bonds. The molecular weight excluding hydrogens is 296 g/mol. The van der Waals surface area contributed by atoms with Gasteiger partial charge in [0.2, 0.25) is 15.9 Å². The average Bonchev–Trinajstić information content (AvgIpc) is 3.21. The summed E-state index contributed by atoms with van der Waals surface area (Å²) in [5.74, 6) is -1.63. The summed E-state index contributed by atoms with van der Waals surface area (Å²) in [6, 6.07) is 5.14. The Hall–Kier alpha value is -1.93. The Kier molecular flexibility index (Phi) is 4.29. The second kappa shape index (κ2) is 5.82. The van der Waals surface area contributed by atoms with Crippen molar-refractivity contribution in [2.45, 2.75) is 17.7 Å². The summed E-state index contributed by atoms with van der Waals surface area (Å²) in [6.45, 7) is -0.372. The van der Waals surface area contributed by atoms with E-state index in [1.165, 1.54) is 24.3 Å². The number of rotatable bonds is 7. The molecule has 1 aliphatic rings. The van der Waals surface area contributed by atoms with Crippen LogP contribution in [0.5, 0.6) is 0 Å². The standard InChI is InChI=1S/C13H16N2O5S/c14-13(18)10-3-5-11(6-4-10)21(19,20)15(8-12(16)17)7-9-1-2-9/h3-6,9H,1-2,7-8H2,(H2,14,18)(H,16,17). The largest absolute Gasteiger partial charge is 0.480 e. The van der Waals surface area contributed by atoms with Crippen molar-refractivity contribution < 1.29 is 23.1 Å². The lowest BCUT2D eigenvalue weighted by Gasteiger charge is -2.20. The number of amides is 1.